The van der Waals surface area contributed by atoms with Gasteiger partial charge in [-0.05, 0) is 12.3 Å². The molecule has 1 N–H and O–H groups in total. The molecule has 0 unspecified atom stereocenters. The van der Waals surface area contributed by atoms with Gasteiger partial charge in [0.25, 0.3) is 0 Å². The fourth-order valence-corrected chi connectivity index (χ4v) is 2.78. The van der Waals surface area contributed by atoms with Crippen LogP contribution in [0.15, 0.2) is 6.20 Å². The fraction of sp³-hybridized carbons (Fsp3) is 0.727. The third-order valence-corrected chi connectivity index (χ3v) is 4.03. The van der Waals surface area contributed by atoms with Gasteiger partial charge in [-0.2, -0.15) is 0 Å². The van der Waals surface area contributed by atoms with Crippen LogP contribution in [0, 0.1) is 0 Å². The van der Waals surface area contributed by atoms with E-state index in [9.17, 15) is 5.11 Å². The molecule has 0 amide bonds. The SMILES string of the molecule is CC(C)c1cnc(CN2CC[C@H](O)C2)s1. The Hall–Kier alpha value is -0.450. The summed E-state index contributed by atoms with van der Waals surface area (Å²) in [7, 11) is 0. The first kappa shape index (κ1) is 11.0. The summed E-state index contributed by atoms with van der Waals surface area (Å²) in [4.78, 5) is 8.04. The molecular formula is C11H18N2OS. The molecule has 1 fully saturated rings. The average molecular weight is 226 g/mol. The lowest BCUT2D eigenvalue weighted by atomic mass is 10.2. The monoisotopic (exact) mass is 226 g/mol. The Morgan fingerprint density at radius 1 is 1.67 bits per heavy atom. The highest BCUT2D eigenvalue weighted by Gasteiger charge is 2.21. The first-order valence-corrected chi connectivity index (χ1v) is 6.32. The Kier molecular flexibility index (Phi) is 3.38. The first-order chi connectivity index (χ1) is 7.15. The lowest BCUT2D eigenvalue weighted by Crippen LogP contribution is -2.21. The molecule has 2 rings (SSSR count). The number of aromatic nitrogens is 1. The molecule has 1 aliphatic rings. The number of rotatable bonds is 3. The molecule has 0 aromatic carbocycles. The minimum atomic E-state index is -0.130. The van der Waals surface area contributed by atoms with E-state index in [4.69, 9.17) is 0 Å². The van der Waals surface area contributed by atoms with Crippen LogP contribution in [-0.4, -0.2) is 34.2 Å². The van der Waals surface area contributed by atoms with Crippen molar-refractivity contribution < 1.29 is 5.11 Å². The van der Waals surface area contributed by atoms with Crippen LogP contribution in [0.3, 0.4) is 0 Å². The van der Waals surface area contributed by atoms with Gasteiger partial charge in [0.05, 0.1) is 12.6 Å². The third kappa shape index (κ3) is 2.77. The van der Waals surface area contributed by atoms with Crippen LogP contribution in [0.25, 0.3) is 0 Å². The summed E-state index contributed by atoms with van der Waals surface area (Å²) in [5.41, 5.74) is 0. The van der Waals surface area contributed by atoms with Crippen molar-refractivity contribution in [2.24, 2.45) is 0 Å². The molecule has 84 valence electrons. The Bertz CT molecular complexity index is 324. The molecule has 0 aliphatic carbocycles. The Balaban J connectivity index is 1.93. The summed E-state index contributed by atoms with van der Waals surface area (Å²) in [6.07, 6.45) is 2.76. The van der Waals surface area contributed by atoms with E-state index >= 15 is 0 Å². The van der Waals surface area contributed by atoms with Crippen LogP contribution in [-0.2, 0) is 6.54 Å². The maximum atomic E-state index is 9.41. The Morgan fingerprint density at radius 3 is 3.00 bits per heavy atom. The number of β-amino-alcohol motifs (C(OH)–C–C–N with tert-alkyl or cyclic N) is 1. The zero-order valence-electron chi connectivity index (χ0n) is 9.31. The molecule has 3 nitrogen and oxygen atoms in total. The second-order valence-electron chi connectivity index (χ2n) is 4.49. The Morgan fingerprint density at radius 2 is 2.47 bits per heavy atom. The summed E-state index contributed by atoms with van der Waals surface area (Å²) in [5.74, 6) is 0.570. The molecular weight excluding hydrogens is 208 g/mol. The molecule has 2 heterocycles. The number of nitrogens with zero attached hydrogens (tertiary/aromatic N) is 2. The van der Waals surface area contributed by atoms with Gasteiger partial charge in [-0.15, -0.1) is 11.3 Å². The van der Waals surface area contributed by atoms with Crippen molar-refractivity contribution >= 4 is 11.3 Å². The van der Waals surface area contributed by atoms with Crippen molar-refractivity contribution in [2.45, 2.75) is 38.8 Å². The van der Waals surface area contributed by atoms with E-state index in [0.717, 1.165) is 26.1 Å². The lowest BCUT2D eigenvalue weighted by Gasteiger charge is -2.12. The highest BCUT2D eigenvalue weighted by molar-refractivity contribution is 7.11. The number of aliphatic hydroxyl groups excluding tert-OH is 1. The quantitative estimate of drug-likeness (QED) is 0.854. The summed E-state index contributed by atoms with van der Waals surface area (Å²) in [6.45, 7) is 7.08. The summed E-state index contributed by atoms with van der Waals surface area (Å²) < 4.78 is 0. The van der Waals surface area contributed by atoms with Crippen LogP contribution >= 0.6 is 11.3 Å². The summed E-state index contributed by atoms with van der Waals surface area (Å²) in [5, 5.41) is 10.6. The van der Waals surface area contributed by atoms with Crippen molar-refractivity contribution in [2.75, 3.05) is 13.1 Å². The van der Waals surface area contributed by atoms with E-state index in [1.165, 1.54) is 9.88 Å². The van der Waals surface area contributed by atoms with E-state index in [0.29, 0.717) is 5.92 Å². The molecule has 1 aromatic rings. The molecule has 0 bridgehead atoms. The highest BCUT2D eigenvalue weighted by Crippen LogP contribution is 2.23. The number of thiazole rings is 1. The van der Waals surface area contributed by atoms with Gasteiger partial charge in [-0.1, -0.05) is 13.8 Å². The smallest absolute Gasteiger partial charge is 0.107 e. The molecule has 1 atom stereocenters. The zero-order chi connectivity index (χ0) is 10.8. The van der Waals surface area contributed by atoms with Crippen LogP contribution in [0.5, 0.6) is 0 Å². The zero-order valence-corrected chi connectivity index (χ0v) is 10.1. The molecule has 0 radical (unpaired) electrons. The van der Waals surface area contributed by atoms with Gasteiger partial charge < -0.3 is 5.11 Å². The topological polar surface area (TPSA) is 36.4 Å². The molecule has 0 saturated carbocycles. The number of likely N-dealkylation sites (tertiary alicyclic amines) is 1. The van der Waals surface area contributed by atoms with Crippen LogP contribution in [0.4, 0.5) is 0 Å². The fourth-order valence-electron chi connectivity index (χ4n) is 1.81. The average Bonchev–Trinajstić information content (AvgIpc) is 2.76. The largest absolute Gasteiger partial charge is 0.392 e. The predicted octanol–water partition coefficient (Wildman–Crippen LogP) is 1.83. The van der Waals surface area contributed by atoms with Crippen molar-refractivity contribution in [3.63, 3.8) is 0 Å². The predicted molar refractivity (Wildman–Crippen MR) is 62.1 cm³/mol. The summed E-state index contributed by atoms with van der Waals surface area (Å²) in [6, 6.07) is 0. The van der Waals surface area contributed by atoms with Crippen molar-refractivity contribution in [1.82, 2.24) is 9.88 Å². The van der Waals surface area contributed by atoms with Crippen LogP contribution in [0.2, 0.25) is 0 Å². The highest BCUT2D eigenvalue weighted by atomic mass is 32.1. The minimum Gasteiger partial charge on any atom is -0.392 e. The molecule has 1 aliphatic heterocycles. The lowest BCUT2D eigenvalue weighted by molar-refractivity contribution is 0.175. The number of hydrogen-bond donors (Lipinski definition) is 1. The van der Waals surface area contributed by atoms with Gasteiger partial charge in [0.15, 0.2) is 0 Å². The second kappa shape index (κ2) is 4.60. The maximum absolute atomic E-state index is 9.41. The first-order valence-electron chi connectivity index (χ1n) is 5.50. The molecule has 15 heavy (non-hydrogen) atoms. The van der Waals surface area contributed by atoms with Gasteiger partial charge >= 0.3 is 0 Å². The maximum Gasteiger partial charge on any atom is 0.107 e. The van der Waals surface area contributed by atoms with E-state index < -0.39 is 0 Å². The van der Waals surface area contributed by atoms with Crippen molar-refractivity contribution in [3.8, 4) is 0 Å². The van der Waals surface area contributed by atoms with Crippen molar-refractivity contribution in [3.05, 3.63) is 16.1 Å². The van der Waals surface area contributed by atoms with E-state index in [2.05, 4.69) is 23.7 Å². The van der Waals surface area contributed by atoms with Gasteiger partial charge in [-0.3, -0.25) is 4.90 Å². The second-order valence-corrected chi connectivity index (χ2v) is 5.64. The van der Waals surface area contributed by atoms with Gasteiger partial charge in [-0.25, -0.2) is 4.98 Å². The molecule has 0 spiro atoms. The summed E-state index contributed by atoms with van der Waals surface area (Å²) >= 11 is 1.79. The van der Waals surface area contributed by atoms with Crippen LogP contribution < -0.4 is 0 Å². The van der Waals surface area contributed by atoms with Crippen LogP contribution in [0.1, 0.15) is 36.1 Å². The van der Waals surface area contributed by atoms with E-state index in [1.807, 2.05) is 6.20 Å². The third-order valence-electron chi connectivity index (χ3n) is 2.75. The molecule has 1 saturated heterocycles. The van der Waals surface area contributed by atoms with Gasteiger partial charge in [0.1, 0.15) is 5.01 Å². The van der Waals surface area contributed by atoms with Crippen molar-refractivity contribution in [1.29, 1.82) is 0 Å². The van der Waals surface area contributed by atoms with Gasteiger partial charge in [0, 0.05) is 24.2 Å². The van der Waals surface area contributed by atoms with E-state index in [-0.39, 0.29) is 6.10 Å². The van der Waals surface area contributed by atoms with Gasteiger partial charge in [0.2, 0.25) is 0 Å². The molecule has 1 aromatic heterocycles. The molecule has 4 heteroatoms. The minimum absolute atomic E-state index is 0.130. The standard InChI is InChI=1S/C11H18N2OS/c1-8(2)10-5-12-11(15-10)7-13-4-3-9(14)6-13/h5,8-9,14H,3-4,6-7H2,1-2H3/t9-/m0/s1. The normalized spacial score (nSPS) is 22.8. The number of hydrogen-bond acceptors (Lipinski definition) is 4. The van der Waals surface area contributed by atoms with E-state index in [1.54, 1.807) is 11.3 Å². The Labute approximate surface area is 94.8 Å². The number of aliphatic hydroxyl groups is 1.